The van der Waals surface area contributed by atoms with Crippen LogP contribution < -0.4 is 16.5 Å². The van der Waals surface area contributed by atoms with Crippen molar-refractivity contribution in [3.8, 4) is 0 Å². The maximum atomic E-state index is 13.2. The third kappa shape index (κ3) is 15.7. The molecule has 2 aromatic rings. The van der Waals surface area contributed by atoms with E-state index in [2.05, 4.69) is 15.8 Å². The highest BCUT2D eigenvalue weighted by atomic mass is 19.4. The monoisotopic (exact) mass is 610 g/mol. The topological polar surface area (TPSA) is 98.0 Å². The van der Waals surface area contributed by atoms with Crippen molar-refractivity contribution in [2.75, 3.05) is 19.7 Å². The molecule has 0 aliphatic rings. The molecule has 0 bridgehead atoms. The third-order valence-electron chi connectivity index (χ3n) is 5.31. The summed E-state index contributed by atoms with van der Waals surface area (Å²) in [7, 11) is 0. The first-order chi connectivity index (χ1) is 19.5. The largest absolute Gasteiger partial charge is 0.416 e. The van der Waals surface area contributed by atoms with Crippen LogP contribution in [0.3, 0.4) is 0 Å². The van der Waals surface area contributed by atoms with Crippen LogP contribution >= 0.6 is 0 Å². The van der Waals surface area contributed by atoms with Crippen LogP contribution in [0.1, 0.15) is 56.4 Å². The van der Waals surface area contributed by atoms with Crippen molar-refractivity contribution in [3.05, 3.63) is 70.5 Å². The number of hydrogen-bond donors (Lipinski definition) is 3. The number of rotatable bonds is 13. The number of halogens is 7. The summed E-state index contributed by atoms with van der Waals surface area (Å²) in [6.45, 7) is 8.30. The molecule has 0 aromatic heterocycles. The molecular weight excluding hydrogens is 573 g/mol. The molecule has 4 N–H and O–H groups in total. The van der Waals surface area contributed by atoms with E-state index in [9.17, 15) is 35.5 Å². The Morgan fingerprint density at radius 2 is 1.52 bits per heavy atom. The fourth-order valence-electron chi connectivity index (χ4n) is 3.49. The number of nitrogens with two attached hydrogens (primary N) is 1. The van der Waals surface area contributed by atoms with E-state index in [1.54, 1.807) is 26.0 Å². The van der Waals surface area contributed by atoms with Crippen LogP contribution in [0.2, 0.25) is 0 Å². The van der Waals surface area contributed by atoms with Crippen LogP contribution in [0.25, 0.3) is 0 Å². The van der Waals surface area contributed by atoms with E-state index in [0.717, 1.165) is 6.54 Å². The van der Waals surface area contributed by atoms with Gasteiger partial charge in [-0.05, 0) is 81.2 Å². The number of hydrazone groups is 1. The maximum Gasteiger partial charge on any atom is 0.416 e. The summed E-state index contributed by atoms with van der Waals surface area (Å²) in [5.41, 5.74) is 5.07. The van der Waals surface area contributed by atoms with Crippen molar-refractivity contribution in [2.24, 2.45) is 10.8 Å². The van der Waals surface area contributed by atoms with Gasteiger partial charge >= 0.3 is 12.4 Å². The van der Waals surface area contributed by atoms with Crippen LogP contribution in [0.4, 0.5) is 30.7 Å². The normalized spacial score (nSPS) is 13.6. The first-order valence-corrected chi connectivity index (χ1v) is 13.1. The Morgan fingerprint density at radius 3 is 1.98 bits per heavy atom. The lowest BCUT2D eigenvalue weighted by atomic mass is 10.0. The molecule has 1 amide bonds. The lowest BCUT2D eigenvalue weighted by Crippen LogP contribution is -2.28. The summed E-state index contributed by atoms with van der Waals surface area (Å²) >= 11 is 0. The van der Waals surface area contributed by atoms with Crippen molar-refractivity contribution in [1.82, 2.24) is 10.7 Å². The molecular formula is C28H37F7N4O3. The predicted octanol–water partition coefficient (Wildman–Crippen LogP) is 5.81. The lowest BCUT2D eigenvalue weighted by molar-refractivity contribution is -0.165. The fourth-order valence-corrected chi connectivity index (χ4v) is 3.49. The quantitative estimate of drug-likeness (QED) is 0.0665. The number of nitrogens with one attached hydrogen (secondary N) is 2. The molecule has 0 heterocycles. The zero-order valence-corrected chi connectivity index (χ0v) is 23.8. The molecule has 14 heteroatoms. The highest BCUT2D eigenvalue weighted by Crippen LogP contribution is 2.36. The van der Waals surface area contributed by atoms with Gasteiger partial charge in [-0.15, -0.1) is 0 Å². The number of alkyl halides is 6. The van der Waals surface area contributed by atoms with E-state index in [0.29, 0.717) is 43.1 Å². The average molecular weight is 611 g/mol. The van der Waals surface area contributed by atoms with E-state index >= 15 is 0 Å². The minimum atomic E-state index is -4.92. The number of benzene rings is 2. The van der Waals surface area contributed by atoms with Crippen molar-refractivity contribution in [1.29, 1.82) is 0 Å². The second-order valence-corrected chi connectivity index (χ2v) is 9.32. The summed E-state index contributed by atoms with van der Waals surface area (Å²) in [6.07, 6.45) is -10.7. The van der Waals surface area contributed by atoms with Crippen molar-refractivity contribution >= 4 is 11.7 Å². The smallest absolute Gasteiger partial charge is 0.386 e. The molecule has 0 unspecified atom stereocenters. The first kappa shape index (κ1) is 36.8. The molecule has 2 rings (SSSR count). The zero-order valence-electron chi connectivity index (χ0n) is 23.8. The summed E-state index contributed by atoms with van der Waals surface area (Å²) in [6, 6.07) is 7.16. The number of hydrogen-bond acceptors (Lipinski definition) is 5. The average Bonchev–Trinajstić information content (AvgIpc) is 2.87. The van der Waals surface area contributed by atoms with Gasteiger partial charge in [0.15, 0.2) is 6.29 Å². The van der Waals surface area contributed by atoms with Crippen LogP contribution in [0.15, 0.2) is 47.6 Å². The molecule has 0 radical (unpaired) electrons. The molecule has 7 nitrogen and oxygen atoms in total. The van der Waals surface area contributed by atoms with Gasteiger partial charge in [0.1, 0.15) is 11.7 Å². The van der Waals surface area contributed by atoms with Gasteiger partial charge in [-0.1, -0.05) is 19.1 Å². The van der Waals surface area contributed by atoms with Gasteiger partial charge in [-0.25, -0.2) is 9.82 Å². The molecule has 0 aliphatic heterocycles. The Labute approximate surface area is 240 Å². The molecule has 0 fully saturated rings. The van der Waals surface area contributed by atoms with Gasteiger partial charge < -0.3 is 20.5 Å². The Bertz CT molecular complexity index is 1090. The van der Waals surface area contributed by atoms with Gasteiger partial charge in [0, 0.05) is 13.3 Å². The van der Waals surface area contributed by atoms with Gasteiger partial charge in [0.2, 0.25) is 5.91 Å². The predicted molar refractivity (Wildman–Crippen MR) is 145 cm³/mol. The molecule has 0 saturated carbocycles. The van der Waals surface area contributed by atoms with Gasteiger partial charge in [0.25, 0.3) is 0 Å². The SMILES string of the molecule is CC(=O)N/N=C(/C)N.CCNCCCO[C@@H](Cc1ccc(F)cc1)O[C@@H](C)Cc1cc(C(F)(F)F)cc(C(F)(F)F)c1. The van der Waals surface area contributed by atoms with E-state index in [1.807, 2.05) is 6.92 Å². The molecule has 236 valence electrons. The summed E-state index contributed by atoms with van der Waals surface area (Å²) in [5.74, 6) is -0.277. The van der Waals surface area contributed by atoms with E-state index in [4.69, 9.17) is 15.2 Å². The van der Waals surface area contributed by atoms with Gasteiger partial charge in [0.05, 0.1) is 23.8 Å². The second kappa shape index (κ2) is 17.7. The Morgan fingerprint density at radius 1 is 0.952 bits per heavy atom. The minimum absolute atomic E-state index is 0.0970. The minimum Gasteiger partial charge on any atom is -0.386 e. The van der Waals surface area contributed by atoms with E-state index in [1.165, 1.54) is 19.1 Å². The molecule has 2 aromatic carbocycles. The third-order valence-corrected chi connectivity index (χ3v) is 5.31. The Kier molecular flexibility index (Phi) is 15.5. The molecule has 2 atom stereocenters. The maximum absolute atomic E-state index is 13.2. The number of amidine groups is 1. The van der Waals surface area contributed by atoms with Crippen LogP contribution in [-0.4, -0.2) is 43.8 Å². The number of nitrogens with zero attached hydrogens (tertiary/aromatic N) is 1. The van der Waals surface area contributed by atoms with E-state index < -0.39 is 41.7 Å². The van der Waals surface area contributed by atoms with Crippen LogP contribution in [0.5, 0.6) is 0 Å². The summed E-state index contributed by atoms with van der Waals surface area (Å²) in [4.78, 5) is 10.1. The summed E-state index contributed by atoms with van der Waals surface area (Å²) < 4.78 is 104. The number of amides is 1. The van der Waals surface area contributed by atoms with Crippen molar-refractivity contribution in [2.45, 2.75) is 71.7 Å². The molecule has 0 aliphatic carbocycles. The number of carbonyl (C=O) groups is 1. The van der Waals surface area contributed by atoms with Gasteiger partial charge in [-0.2, -0.15) is 31.4 Å². The van der Waals surface area contributed by atoms with E-state index in [-0.39, 0.29) is 30.4 Å². The lowest BCUT2D eigenvalue weighted by Gasteiger charge is -2.24. The fraction of sp³-hybridized carbons (Fsp3) is 0.500. The highest BCUT2D eigenvalue weighted by Gasteiger charge is 2.37. The van der Waals surface area contributed by atoms with Crippen molar-refractivity contribution in [3.63, 3.8) is 0 Å². The standard InChI is InChI=1S/C24H28F7NO2.C4H9N3O/c1-3-32-9-4-10-33-22(14-17-5-7-21(25)8-6-17)34-16(2)11-18-12-19(23(26,27)28)15-20(13-18)24(29,30)31;1-3(5)6-7-4(2)8/h5-8,12-13,15-16,22,32H,3-4,9-11,14H2,1-2H3;1-2H3,(H2,5,6)(H,7,8)/t16-,22+;/m0./s1. The molecule has 42 heavy (non-hydrogen) atoms. The number of ether oxygens (including phenoxy) is 2. The first-order valence-electron chi connectivity index (χ1n) is 13.1. The van der Waals surface area contributed by atoms with Crippen molar-refractivity contribution < 1.29 is 45.0 Å². The van der Waals surface area contributed by atoms with Crippen LogP contribution in [0, 0.1) is 5.82 Å². The Balaban J connectivity index is 0.000000962. The Hall–Kier alpha value is -3.23. The highest BCUT2D eigenvalue weighted by molar-refractivity contribution is 5.80. The summed E-state index contributed by atoms with van der Waals surface area (Å²) in [5, 5.41) is 6.56. The van der Waals surface area contributed by atoms with Gasteiger partial charge in [-0.3, -0.25) is 4.79 Å². The second-order valence-electron chi connectivity index (χ2n) is 9.32. The number of carbonyl (C=O) groups excluding carboxylic acids is 1. The molecule has 0 spiro atoms. The van der Waals surface area contributed by atoms with Crippen LogP contribution in [-0.2, 0) is 39.5 Å². The zero-order chi connectivity index (χ0) is 31.9. The molecule has 0 saturated heterocycles.